The van der Waals surface area contributed by atoms with E-state index in [9.17, 15) is 10.1 Å². The zero-order valence-corrected chi connectivity index (χ0v) is 8.93. The molecule has 0 unspecified atom stereocenters. The second-order valence-electron chi connectivity index (χ2n) is 2.98. The first-order chi connectivity index (χ1) is 7.63. The van der Waals surface area contributed by atoms with Gasteiger partial charge in [-0.2, -0.15) is 0 Å². The summed E-state index contributed by atoms with van der Waals surface area (Å²) in [6.45, 7) is 0. The molecule has 0 bridgehead atoms. The lowest BCUT2D eigenvalue weighted by atomic mass is 10.2. The van der Waals surface area contributed by atoms with E-state index in [-0.39, 0.29) is 5.02 Å². The van der Waals surface area contributed by atoms with Crippen LogP contribution in [0.25, 0.3) is 10.9 Å². The molecule has 82 valence electrons. The average molecular weight is 240 g/mol. The van der Waals surface area contributed by atoms with E-state index in [0.717, 1.165) is 0 Å². The SMILES string of the molecule is COc1ccc2c(Cl)c([N+](=O)[O-])nnc2c1. The van der Waals surface area contributed by atoms with E-state index in [1.165, 1.54) is 7.11 Å². The monoisotopic (exact) mass is 239 g/mol. The van der Waals surface area contributed by atoms with E-state index < -0.39 is 10.7 Å². The predicted molar refractivity (Wildman–Crippen MR) is 57.8 cm³/mol. The van der Waals surface area contributed by atoms with Crippen LogP contribution in [0.3, 0.4) is 0 Å². The molecule has 2 rings (SSSR count). The lowest BCUT2D eigenvalue weighted by Crippen LogP contribution is -1.96. The third kappa shape index (κ3) is 1.63. The van der Waals surface area contributed by atoms with Crippen LogP contribution in [-0.2, 0) is 0 Å². The maximum absolute atomic E-state index is 10.6. The van der Waals surface area contributed by atoms with Crippen LogP contribution >= 0.6 is 11.6 Å². The normalized spacial score (nSPS) is 10.4. The minimum atomic E-state index is -0.668. The van der Waals surface area contributed by atoms with Crippen LogP contribution in [0.5, 0.6) is 5.75 Å². The van der Waals surface area contributed by atoms with Gasteiger partial charge in [0.15, 0.2) is 5.02 Å². The predicted octanol–water partition coefficient (Wildman–Crippen LogP) is 2.20. The minimum absolute atomic E-state index is 0.0161. The van der Waals surface area contributed by atoms with E-state index in [0.29, 0.717) is 16.7 Å². The number of hydrogen-bond acceptors (Lipinski definition) is 5. The maximum atomic E-state index is 10.6. The molecule has 0 spiro atoms. The molecule has 16 heavy (non-hydrogen) atoms. The molecule has 0 N–H and O–H groups in total. The van der Waals surface area contributed by atoms with Gasteiger partial charge in [-0.15, -0.1) is 0 Å². The fraction of sp³-hybridized carbons (Fsp3) is 0.111. The van der Waals surface area contributed by atoms with Gasteiger partial charge in [0, 0.05) is 11.5 Å². The van der Waals surface area contributed by atoms with Gasteiger partial charge < -0.3 is 14.9 Å². The summed E-state index contributed by atoms with van der Waals surface area (Å²) in [6, 6.07) is 4.87. The Morgan fingerprint density at radius 2 is 2.19 bits per heavy atom. The van der Waals surface area contributed by atoms with Crippen molar-refractivity contribution in [2.24, 2.45) is 0 Å². The second-order valence-corrected chi connectivity index (χ2v) is 3.36. The number of nitrogens with zero attached hydrogens (tertiary/aromatic N) is 3. The van der Waals surface area contributed by atoms with Crippen LogP contribution in [0.15, 0.2) is 18.2 Å². The van der Waals surface area contributed by atoms with Gasteiger partial charge in [0.2, 0.25) is 0 Å². The number of nitro groups is 1. The van der Waals surface area contributed by atoms with E-state index in [2.05, 4.69) is 10.2 Å². The number of hydrogen-bond donors (Lipinski definition) is 0. The zero-order valence-electron chi connectivity index (χ0n) is 8.18. The molecule has 0 saturated carbocycles. The Bertz CT molecular complexity index is 573. The molecule has 0 saturated heterocycles. The third-order valence-corrected chi connectivity index (χ3v) is 2.44. The summed E-state index contributed by atoms with van der Waals surface area (Å²) in [5.41, 5.74) is 0.454. The zero-order chi connectivity index (χ0) is 11.7. The van der Waals surface area contributed by atoms with E-state index in [1.54, 1.807) is 18.2 Å². The van der Waals surface area contributed by atoms with Crippen LogP contribution in [0.1, 0.15) is 0 Å². The quantitative estimate of drug-likeness (QED) is 0.593. The molecule has 0 atom stereocenters. The number of halogens is 1. The second kappa shape index (κ2) is 3.90. The Hall–Kier alpha value is -1.95. The van der Waals surface area contributed by atoms with Gasteiger partial charge in [-0.1, -0.05) is 11.6 Å². The Labute approximate surface area is 95.0 Å². The van der Waals surface area contributed by atoms with Crippen LogP contribution in [-0.4, -0.2) is 22.2 Å². The van der Waals surface area contributed by atoms with Crippen molar-refractivity contribution in [1.82, 2.24) is 10.2 Å². The van der Waals surface area contributed by atoms with Crippen molar-refractivity contribution in [3.05, 3.63) is 33.3 Å². The molecule has 6 nitrogen and oxygen atoms in total. The standard InChI is InChI=1S/C9H6ClN3O3/c1-16-5-2-3-6-7(4-5)11-12-9(8(6)10)13(14)15/h2-4H,1H3. The lowest BCUT2D eigenvalue weighted by molar-refractivity contribution is -0.389. The fourth-order valence-electron chi connectivity index (χ4n) is 1.29. The molecular weight excluding hydrogens is 234 g/mol. The van der Waals surface area contributed by atoms with Gasteiger partial charge in [-0.05, 0) is 22.2 Å². The van der Waals surface area contributed by atoms with Crippen LogP contribution < -0.4 is 4.74 Å². The van der Waals surface area contributed by atoms with Crippen LogP contribution in [0, 0.1) is 10.1 Å². The molecular formula is C9H6ClN3O3. The van der Waals surface area contributed by atoms with Crippen molar-refractivity contribution in [3.8, 4) is 5.75 Å². The molecule has 0 aliphatic rings. The van der Waals surface area contributed by atoms with E-state index in [1.807, 2.05) is 0 Å². The maximum Gasteiger partial charge on any atom is 0.410 e. The minimum Gasteiger partial charge on any atom is -0.497 e. The average Bonchev–Trinajstić information content (AvgIpc) is 2.28. The highest BCUT2D eigenvalue weighted by Crippen LogP contribution is 2.30. The first kappa shape index (κ1) is 10.6. The van der Waals surface area contributed by atoms with E-state index in [4.69, 9.17) is 16.3 Å². The molecule has 2 aromatic rings. The van der Waals surface area contributed by atoms with Crippen molar-refractivity contribution >= 4 is 28.3 Å². The lowest BCUT2D eigenvalue weighted by Gasteiger charge is -2.01. The summed E-state index contributed by atoms with van der Waals surface area (Å²) in [7, 11) is 1.52. The molecule has 1 aromatic carbocycles. The number of aromatic nitrogens is 2. The number of rotatable bonds is 2. The van der Waals surface area contributed by atoms with Gasteiger partial charge in [0.05, 0.1) is 12.2 Å². The molecule has 0 amide bonds. The summed E-state index contributed by atoms with van der Waals surface area (Å²) >= 11 is 5.85. The van der Waals surface area contributed by atoms with Gasteiger partial charge in [-0.25, -0.2) is 0 Å². The highest BCUT2D eigenvalue weighted by atomic mass is 35.5. The smallest absolute Gasteiger partial charge is 0.410 e. The van der Waals surface area contributed by atoms with Crippen molar-refractivity contribution in [1.29, 1.82) is 0 Å². The van der Waals surface area contributed by atoms with Gasteiger partial charge >= 0.3 is 5.82 Å². The Morgan fingerprint density at radius 3 is 2.81 bits per heavy atom. The van der Waals surface area contributed by atoms with Crippen LogP contribution in [0.2, 0.25) is 5.02 Å². The third-order valence-electron chi connectivity index (χ3n) is 2.06. The number of fused-ring (bicyclic) bond motifs is 1. The summed E-state index contributed by atoms with van der Waals surface area (Å²) in [4.78, 5) is 9.91. The largest absolute Gasteiger partial charge is 0.497 e. The van der Waals surface area contributed by atoms with Crippen LogP contribution in [0.4, 0.5) is 5.82 Å². The Balaban J connectivity index is 2.71. The van der Waals surface area contributed by atoms with E-state index >= 15 is 0 Å². The van der Waals surface area contributed by atoms with Crippen molar-refractivity contribution in [3.63, 3.8) is 0 Å². The summed E-state index contributed by atoms with van der Waals surface area (Å²) in [6.07, 6.45) is 0. The Morgan fingerprint density at radius 1 is 1.44 bits per heavy atom. The first-order valence-corrected chi connectivity index (χ1v) is 4.65. The molecule has 0 aliphatic heterocycles. The molecule has 1 aromatic heterocycles. The number of benzene rings is 1. The van der Waals surface area contributed by atoms with Crippen molar-refractivity contribution in [2.45, 2.75) is 0 Å². The molecule has 7 heteroatoms. The summed E-state index contributed by atoms with van der Waals surface area (Å²) < 4.78 is 5.00. The van der Waals surface area contributed by atoms with Gasteiger partial charge in [0.1, 0.15) is 11.3 Å². The first-order valence-electron chi connectivity index (χ1n) is 4.28. The molecule has 0 fully saturated rings. The number of methoxy groups -OCH3 is 1. The molecule has 0 radical (unpaired) electrons. The topological polar surface area (TPSA) is 78.2 Å². The summed E-state index contributed by atoms with van der Waals surface area (Å²) in [5.74, 6) is 0.144. The van der Waals surface area contributed by atoms with Crippen molar-refractivity contribution in [2.75, 3.05) is 7.11 Å². The fourth-order valence-corrected chi connectivity index (χ4v) is 1.56. The molecule has 1 heterocycles. The highest BCUT2D eigenvalue weighted by Gasteiger charge is 2.18. The number of ether oxygens (including phenoxy) is 1. The van der Waals surface area contributed by atoms with Crippen molar-refractivity contribution < 1.29 is 9.66 Å². The summed E-state index contributed by atoms with van der Waals surface area (Å²) in [5, 5.41) is 18.2. The highest BCUT2D eigenvalue weighted by molar-refractivity contribution is 6.37. The molecule has 0 aliphatic carbocycles. The van der Waals surface area contributed by atoms with Gasteiger partial charge in [-0.3, -0.25) is 0 Å². The Kier molecular flexibility index (Phi) is 2.57. The van der Waals surface area contributed by atoms with Gasteiger partial charge in [0.25, 0.3) is 0 Å².